The lowest BCUT2D eigenvalue weighted by Crippen LogP contribution is -2.08. The summed E-state index contributed by atoms with van der Waals surface area (Å²) >= 11 is 0. The molecule has 104 valence electrons. The molecule has 20 heavy (non-hydrogen) atoms. The van der Waals surface area contributed by atoms with E-state index >= 15 is 0 Å². The van der Waals surface area contributed by atoms with Gasteiger partial charge in [-0.1, -0.05) is 30.3 Å². The first-order valence-corrected chi connectivity index (χ1v) is 5.78. The second kappa shape index (κ2) is 5.36. The fourth-order valence-electron chi connectivity index (χ4n) is 1.80. The van der Waals surface area contributed by atoms with E-state index in [0.717, 1.165) is 18.2 Å². The van der Waals surface area contributed by atoms with Crippen LogP contribution in [0.1, 0.15) is 21.5 Å². The summed E-state index contributed by atoms with van der Waals surface area (Å²) in [7, 11) is 1.23. The van der Waals surface area contributed by atoms with Gasteiger partial charge in [0.15, 0.2) is 5.78 Å². The molecule has 0 aromatic heterocycles. The molecule has 0 saturated heterocycles. The number of alkyl halides is 3. The number of hydrogen-bond donors (Lipinski definition) is 0. The van der Waals surface area contributed by atoms with Crippen LogP contribution >= 0.6 is 0 Å². The number of ether oxygens (including phenoxy) is 1. The lowest BCUT2D eigenvalue weighted by atomic mass is 10.0. The molecule has 2 nitrogen and oxygen atoms in total. The van der Waals surface area contributed by atoms with Crippen molar-refractivity contribution in [1.29, 1.82) is 0 Å². The normalized spacial score (nSPS) is 11.2. The number of carbonyl (C=O) groups excluding carboxylic acids is 1. The molecule has 2 rings (SSSR count). The summed E-state index contributed by atoms with van der Waals surface area (Å²) in [6.07, 6.45) is -4.47. The van der Waals surface area contributed by atoms with Crippen molar-refractivity contribution < 1.29 is 22.7 Å². The zero-order valence-corrected chi connectivity index (χ0v) is 10.6. The van der Waals surface area contributed by atoms with Crippen molar-refractivity contribution in [2.24, 2.45) is 0 Å². The maximum Gasteiger partial charge on any atom is 0.416 e. The van der Waals surface area contributed by atoms with Crippen molar-refractivity contribution in [2.45, 2.75) is 6.18 Å². The highest BCUT2D eigenvalue weighted by atomic mass is 19.4. The maximum absolute atomic E-state index is 12.6. The van der Waals surface area contributed by atoms with Crippen LogP contribution in [0.2, 0.25) is 0 Å². The summed E-state index contributed by atoms with van der Waals surface area (Å²) in [6.45, 7) is 0. The molecule has 0 aliphatic carbocycles. The van der Waals surface area contributed by atoms with Crippen molar-refractivity contribution in [1.82, 2.24) is 0 Å². The molecule has 0 aliphatic rings. The van der Waals surface area contributed by atoms with Gasteiger partial charge in [-0.3, -0.25) is 4.79 Å². The number of carbonyl (C=O) groups is 1. The van der Waals surface area contributed by atoms with Crippen LogP contribution in [0.15, 0.2) is 48.5 Å². The molecule has 0 fully saturated rings. The minimum absolute atomic E-state index is 0.0892. The molecule has 0 radical (unpaired) electrons. The van der Waals surface area contributed by atoms with Crippen LogP contribution in [0.3, 0.4) is 0 Å². The Morgan fingerprint density at radius 3 is 2.25 bits per heavy atom. The van der Waals surface area contributed by atoms with E-state index in [2.05, 4.69) is 0 Å². The first-order chi connectivity index (χ1) is 9.43. The maximum atomic E-state index is 12.6. The Bertz CT molecular complexity index is 619. The van der Waals surface area contributed by atoms with E-state index in [4.69, 9.17) is 4.74 Å². The van der Waals surface area contributed by atoms with Gasteiger partial charge in [0.05, 0.1) is 18.2 Å². The van der Waals surface area contributed by atoms with Crippen LogP contribution in [0, 0.1) is 0 Å². The van der Waals surface area contributed by atoms with Gasteiger partial charge in [0.1, 0.15) is 5.75 Å². The van der Waals surface area contributed by atoms with Crippen molar-refractivity contribution in [3.63, 3.8) is 0 Å². The van der Waals surface area contributed by atoms with Crippen molar-refractivity contribution in [3.8, 4) is 5.75 Å². The number of methoxy groups -OCH3 is 1. The van der Waals surface area contributed by atoms with Gasteiger partial charge in [0.2, 0.25) is 0 Å². The highest BCUT2D eigenvalue weighted by molar-refractivity contribution is 6.10. The highest BCUT2D eigenvalue weighted by Gasteiger charge is 2.31. The topological polar surface area (TPSA) is 26.3 Å². The minimum atomic E-state index is -4.47. The Kier molecular flexibility index (Phi) is 3.79. The van der Waals surface area contributed by atoms with E-state index in [1.54, 1.807) is 30.3 Å². The van der Waals surface area contributed by atoms with Crippen LogP contribution in [0.5, 0.6) is 5.75 Å². The Morgan fingerprint density at radius 2 is 1.70 bits per heavy atom. The molecular formula is C15H11F3O2. The first-order valence-electron chi connectivity index (χ1n) is 5.78. The van der Waals surface area contributed by atoms with Gasteiger partial charge in [-0.2, -0.15) is 13.2 Å². The lowest BCUT2D eigenvalue weighted by Gasteiger charge is -2.12. The fraction of sp³-hybridized carbons (Fsp3) is 0.133. The number of benzene rings is 2. The minimum Gasteiger partial charge on any atom is -0.496 e. The first kappa shape index (κ1) is 14.1. The smallest absolute Gasteiger partial charge is 0.416 e. The van der Waals surface area contributed by atoms with Crippen LogP contribution in [0.4, 0.5) is 13.2 Å². The molecule has 0 N–H and O–H groups in total. The van der Waals surface area contributed by atoms with Crippen LogP contribution in [-0.2, 0) is 6.18 Å². The monoisotopic (exact) mass is 280 g/mol. The zero-order chi connectivity index (χ0) is 14.8. The predicted octanol–water partition coefficient (Wildman–Crippen LogP) is 3.95. The molecular weight excluding hydrogens is 269 g/mol. The molecule has 0 aliphatic heterocycles. The lowest BCUT2D eigenvalue weighted by molar-refractivity contribution is -0.137. The molecule has 0 unspecified atom stereocenters. The van der Waals surface area contributed by atoms with E-state index in [1.807, 2.05) is 0 Å². The molecule has 0 saturated carbocycles. The van der Waals surface area contributed by atoms with Gasteiger partial charge in [0, 0.05) is 5.56 Å². The highest BCUT2D eigenvalue weighted by Crippen LogP contribution is 2.33. The van der Waals surface area contributed by atoms with Crippen LogP contribution < -0.4 is 4.74 Å². The van der Waals surface area contributed by atoms with E-state index < -0.39 is 11.7 Å². The van der Waals surface area contributed by atoms with E-state index in [1.165, 1.54) is 7.11 Å². The standard InChI is InChI=1S/C15H11F3O2/c1-20-13-9-11(15(16,17)18)7-8-12(13)14(19)10-5-3-2-4-6-10/h2-9H,1H3. The van der Waals surface area contributed by atoms with E-state index in [-0.39, 0.29) is 17.1 Å². The van der Waals surface area contributed by atoms with Gasteiger partial charge >= 0.3 is 6.18 Å². The second-order valence-corrected chi connectivity index (χ2v) is 4.11. The van der Waals surface area contributed by atoms with Crippen molar-refractivity contribution in [3.05, 3.63) is 65.2 Å². The molecule has 0 heterocycles. The molecule has 2 aromatic rings. The molecule has 0 atom stereocenters. The number of rotatable bonds is 3. The third-order valence-corrected chi connectivity index (χ3v) is 2.81. The number of halogens is 3. The van der Waals surface area contributed by atoms with E-state index in [9.17, 15) is 18.0 Å². The average molecular weight is 280 g/mol. The van der Waals surface area contributed by atoms with Crippen LogP contribution in [0.25, 0.3) is 0 Å². The summed E-state index contributed by atoms with van der Waals surface area (Å²) < 4.78 is 42.8. The van der Waals surface area contributed by atoms with E-state index in [0.29, 0.717) is 5.56 Å². The second-order valence-electron chi connectivity index (χ2n) is 4.11. The third-order valence-electron chi connectivity index (χ3n) is 2.81. The Hall–Kier alpha value is -2.30. The molecule has 0 bridgehead atoms. The quantitative estimate of drug-likeness (QED) is 0.796. The summed E-state index contributed by atoms with van der Waals surface area (Å²) in [5.41, 5.74) is -0.351. The van der Waals surface area contributed by atoms with Gasteiger partial charge in [0.25, 0.3) is 0 Å². The largest absolute Gasteiger partial charge is 0.496 e. The SMILES string of the molecule is COc1cc(C(F)(F)F)ccc1C(=O)c1ccccc1. The van der Waals surface area contributed by atoms with Gasteiger partial charge in [-0.15, -0.1) is 0 Å². The van der Waals surface area contributed by atoms with Gasteiger partial charge in [-0.25, -0.2) is 0 Å². The van der Waals surface area contributed by atoms with Crippen molar-refractivity contribution >= 4 is 5.78 Å². The molecule has 5 heteroatoms. The fourth-order valence-corrected chi connectivity index (χ4v) is 1.80. The van der Waals surface area contributed by atoms with Gasteiger partial charge < -0.3 is 4.74 Å². The zero-order valence-electron chi connectivity index (χ0n) is 10.6. The number of ketones is 1. The summed E-state index contributed by atoms with van der Waals surface area (Å²) in [4.78, 5) is 12.2. The summed E-state index contributed by atoms with van der Waals surface area (Å²) in [5, 5.41) is 0. The Morgan fingerprint density at radius 1 is 1.05 bits per heavy atom. The Balaban J connectivity index is 2.45. The third kappa shape index (κ3) is 2.82. The molecule has 2 aromatic carbocycles. The van der Waals surface area contributed by atoms with Crippen molar-refractivity contribution in [2.75, 3.05) is 7.11 Å². The summed E-state index contributed by atoms with van der Waals surface area (Å²) in [5.74, 6) is -0.468. The number of hydrogen-bond acceptors (Lipinski definition) is 2. The predicted molar refractivity (Wildman–Crippen MR) is 67.9 cm³/mol. The van der Waals surface area contributed by atoms with Crippen LogP contribution in [-0.4, -0.2) is 12.9 Å². The Labute approximate surface area is 113 Å². The summed E-state index contributed by atoms with van der Waals surface area (Å²) in [6, 6.07) is 11.2. The molecule has 0 spiro atoms. The van der Waals surface area contributed by atoms with Gasteiger partial charge in [-0.05, 0) is 18.2 Å². The average Bonchev–Trinajstić information content (AvgIpc) is 2.45. The molecule has 0 amide bonds.